The molecule has 25 heavy (non-hydrogen) atoms. The van der Waals surface area contributed by atoms with Crippen molar-refractivity contribution in [3.63, 3.8) is 0 Å². The quantitative estimate of drug-likeness (QED) is 0.196. The predicted molar refractivity (Wildman–Crippen MR) is 111 cm³/mol. The minimum atomic E-state index is -0.435. The summed E-state index contributed by atoms with van der Waals surface area (Å²) >= 11 is 0. The van der Waals surface area contributed by atoms with E-state index in [2.05, 4.69) is 34.6 Å². The smallest absolute Gasteiger partial charge is 0.173 e. The molecule has 0 aromatic heterocycles. The van der Waals surface area contributed by atoms with Crippen LogP contribution in [0.15, 0.2) is 0 Å². The highest BCUT2D eigenvalue weighted by Crippen LogP contribution is 2.52. The highest BCUT2D eigenvalue weighted by atomic mass is 16.7. The van der Waals surface area contributed by atoms with E-state index in [0.717, 1.165) is 6.42 Å². The third-order valence-electron chi connectivity index (χ3n) is 6.34. The summed E-state index contributed by atoms with van der Waals surface area (Å²) < 4.78 is 12.4. The van der Waals surface area contributed by atoms with Gasteiger partial charge < -0.3 is 9.47 Å². The maximum absolute atomic E-state index is 6.19. The molecule has 0 rings (SSSR count). The zero-order valence-electron chi connectivity index (χ0n) is 18.6. The lowest BCUT2D eigenvalue weighted by Gasteiger charge is -2.52. The van der Waals surface area contributed by atoms with Crippen LogP contribution in [0.3, 0.4) is 0 Å². The standard InChI is InChI=1S/C23H48O2/c1-8-11-14-15-16-17-19-22(21(4)5,18-12-9-2)23(24-6,25-7)20-13-10-3/h21H,8-20H2,1-7H3. The van der Waals surface area contributed by atoms with E-state index < -0.39 is 5.79 Å². The monoisotopic (exact) mass is 356 g/mol. The topological polar surface area (TPSA) is 18.5 Å². The van der Waals surface area contributed by atoms with Crippen LogP contribution in [0.25, 0.3) is 0 Å². The molecule has 0 radical (unpaired) electrons. The van der Waals surface area contributed by atoms with Crippen molar-refractivity contribution in [3.05, 3.63) is 0 Å². The van der Waals surface area contributed by atoms with Crippen molar-refractivity contribution in [1.29, 1.82) is 0 Å². The molecular weight excluding hydrogens is 308 g/mol. The van der Waals surface area contributed by atoms with Crippen molar-refractivity contribution in [2.75, 3.05) is 14.2 Å². The van der Waals surface area contributed by atoms with Gasteiger partial charge in [-0.25, -0.2) is 0 Å². The molecule has 0 N–H and O–H groups in total. The second-order valence-electron chi connectivity index (χ2n) is 8.20. The first-order valence-electron chi connectivity index (χ1n) is 11.1. The fraction of sp³-hybridized carbons (Fsp3) is 1.00. The maximum atomic E-state index is 6.19. The Labute approximate surface area is 159 Å². The highest BCUT2D eigenvalue weighted by molar-refractivity contribution is 4.96. The summed E-state index contributed by atoms with van der Waals surface area (Å²) in [5, 5.41) is 0. The fourth-order valence-corrected chi connectivity index (χ4v) is 4.59. The number of unbranched alkanes of at least 4 members (excludes halogenated alkanes) is 7. The minimum absolute atomic E-state index is 0.117. The van der Waals surface area contributed by atoms with Gasteiger partial charge in [0.2, 0.25) is 0 Å². The minimum Gasteiger partial charge on any atom is -0.353 e. The first-order valence-corrected chi connectivity index (χ1v) is 11.1. The summed E-state index contributed by atoms with van der Waals surface area (Å²) in [6, 6.07) is 0. The molecule has 0 heterocycles. The van der Waals surface area contributed by atoms with Gasteiger partial charge in [-0.15, -0.1) is 0 Å². The molecule has 0 amide bonds. The zero-order chi connectivity index (χ0) is 19.2. The molecule has 0 aromatic rings. The molecule has 2 nitrogen and oxygen atoms in total. The molecule has 0 aliphatic rings. The predicted octanol–water partition coefficient (Wildman–Crippen LogP) is 7.75. The van der Waals surface area contributed by atoms with Gasteiger partial charge in [0.05, 0.1) is 0 Å². The zero-order valence-corrected chi connectivity index (χ0v) is 18.6. The molecule has 0 spiro atoms. The lowest BCUT2D eigenvalue weighted by molar-refractivity contribution is -0.297. The highest BCUT2D eigenvalue weighted by Gasteiger charge is 2.52. The van der Waals surface area contributed by atoms with Crippen LogP contribution in [0, 0.1) is 11.3 Å². The second kappa shape index (κ2) is 14.0. The van der Waals surface area contributed by atoms with Crippen LogP contribution in [-0.2, 0) is 9.47 Å². The molecule has 0 aromatic carbocycles. The Bertz CT molecular complexity index is 296. The van der Waals surface area contributed by atoms with Crippen molar-refractivity contribution >= 4 is 0 Å². The Morgan fingerprint density at radius 2 is 1.04 bits per heavy atom. The van der Waals surface area contributed by atoms with Gasteiger partial charge in [0.15, 0.2) is 5.79 Å². The molecule has 0 saturated heterocycles. The van der Waals surface area contributed by atoms with E-state index in [9.17, 15) is 0 Å². The van der Waals surface area contributed by atoms with Crippen molar-refractivity contribution in [2.24, 2.45) is 11.3 Å². The van der Waals surface area contributed by atoms with Gasteiger partial charge >= 0.3 is 0 Å². The Morgan fingerprint density at radius 1 is 0.600 bits per heavy atom. The lowest BCUT2D eigenvalue weighted by Crippen LogP contribution is -2.54. The summed E-state index contributed by atoms with van der Waals surface area (Å²) in [6.45, 7) is 11.6. The number of hydrogen-bond acceptors (Lipinski definition) is 2. The Morgan fingerprint density at radius 3 is 1.52 bits per heavy atom. The molecule has 0 saturated carbocycles. The van der Waals surface area contributed by atoms with E-state index in [4.69, 9.17) is 9.47 Å². The van der Waals surface area contributed by atoms with Gasteiger partial charge in [-0.2, -0.15) is 0 Å². The van der Waals surface area contributed by atoms with E-state index in [1.54, 1.807) is 0 Å². The molecule has 0 aliphatic heterocycles. The van der Waals surface area contributed by atoms with Crippen LogP contribution in [-0.4, -0.2) is 20.0 Å². The van der Waals surface area contributed by atoms with Crippen molar-refractivity contribution in [2.45, 2.75) is 124 Å². The summed E-state index contributed by atoms with van der Waals surface area (Å²) in [6.07, 6.45) is 16.4. The van der Waals surface area contributed by atoms with Crippen molar-refractivity contribution < 1.29 is 9.47 Å². The average molecular weight is 357 g/mol. The van der Waals surface area contributed by atoms with Crippen LogP contribution in [0.4, 0.5) is 0 Å². The summed E-state index contributed by atoms with van der Waals surface area (Å²) in [5.41, 5.74) is 0.117. The SMILES string of the molecule is CCCCCCCCC(CCCC)(C(C)C)C(CCCC)(OC)OC. The summed E-state index contributed by atoms with van der Waals surface area (Å²) in [4.78, 5) is 0. The van der Waals surface area contributed by atoms with E-state index >= 15 is 0 Å². The van der Waals surface area contributed by atoms with Crippen LogP contribution in [0.5, 0.6) is 0 Å². The molecule has 0 bridgehead atoms. The van der Waals surface area contributed by atoms with Gasteiger partial charge in [0.25, 0.3) is 0 Å². The van der Waals surface area contributed by atoms with E-state index in [0.29, 0.717) is 5.92 Å². The van der Waals surface area contributed by atoms with Crippen LogP contribution < -0.4 is 0 Å². The largest absolute Gasteiger partial charge is 0.353 e. The van der Waals surface area contributed by atoms with E-state index in [1.807, 2.05) is 14.2 Å². The fourth-order valence-electron chi connectivity index (χ4n) is 4.59. The molecule has 0 fully saturated rings. The first-order chi connectivity index (χ1) is 12.0. The summed E-state index contributed by atoms with van der Waals surface area (Å²) in [7, 11) is 3.73. The number of methoxy groups -OCH3 is 2. The first kappa shape index (κ1) is 24.9. The molecule has 152 valence electrons. The van der Waals surface area contributed by atoms with Gasteiger partial charge in [-0.05, 0) is 25.2 Å². The third-order valence-corrected chi connectivity index (χ3v) is 6.34. The molecule has 1 atom stereocenters. The second-order valence-corrected chi connectivity index (χ2v) is 8.20. The Hall–Kier alpha value is -0.0800. The molecule has 2 heteroatoms. The lowest BCUT2D eigenvalue weighted by atomic mass is 9.63. The van der Waals surface area contributed by atoms with Gasteiger partial charge in [-0.1, -0.05) is 92.4 Å². The summed E-state index contributed by atoms with van der Waals surface area (Å²) in [5.74, 6) is 0.127. The van der Waals surface area contributed by atoms with Crippen LogP contribution in [0.2, 0.25) is 0 Å². The van der Waals surface area contributed by atoms with Gasteiger partial charge in [0.1, 0.15) is 0 Å². The number of hydrogen-bond donors (Lipinski definition) is 0. The molecule has 0 aliphatic carbocycles. The number of rotatable bonds is 17. The van der Waals surface area contributed by atoms with E-state index in [1.165, 1.54) is 77.0 Å². The molecule has 1 unspecified atom stereocenters. The Balaban J connectivity index is 5.30. The normalized spacial score (nSPS) is 14.9. The van der Waals surface area contributed by atoms with Gasteiger partial charge in [-0.3, -0.25) is 0 Å². The van der Waals surface area contributed by atoms with E-state index in [-0.39, 0.29) is 5.41 Å². The van der Waals surface area contributed by atoms with Gasteiger partial charge in [0, 0.05) is 26.1 Å². The number of ether oxygens (including phenoxy) is 2. The Kier molecular flexibility index (Phi) is 14.0. The third kappa shape index (κ3) is 7.21. The average Bonchev–Trinajstić information content (AvgIpc) is 2.62. The molecular formula is C23H48O2. The maximum Gasteiger partial charge on any atom is 0.173 e. The van der Waals surface area contributed by atoms with Crippen molar-refractivity contribution in [3.8, 4) is 0 Å². The van der Waals surface area contributed by atoms with Crippen LogP contribution in [0.1, 0.15) is 118 Å². The van der Waals surface area contributed by atoms with Crippen molar-refractivity contribution in [1.82, 2.24) is 0 Å². The van der Waals surface area contributed by atoms with Crippen LogP contribution >= 0.6 is 0 Å².